The Labute approximate surface area is 170 Å². The third kappa shape index (κ3) is 5.20. The van der Waals surface area contributed by atoms with Crippen molar-refractivity contribution in [3.05, 3.63) is 65.2 Å². The number of sulfonamides is 1. The quantitative estimate of drug-likeness (QED) is 0.756. The highest BCUT2D eigenvalue weighted by Crippen LogP contribution is 2.20. The number of halogens is 1. The molecule has 0 atom stereocenters. The van der Waals surface area contributed by atoms with Crippen molar-refractivity contribution < 1.29 is 13.2 Å². The zero-order valence-electron chi connectivity index (χ0n) is 15.5. The molecule has 6 nitrogen and oxygen atoms in total. The first-order valence-corrected chi connectivity index (χ1v) is 10.7. The van der Waals surface area contributed by atoms with Crippen LogP contribution in [-0.2, 0) is 14.8 Å². The van der Waals surface area contributed by atoms with Crippen LogP contribution in [0.1, 0.15) is 5.56 Å². The van der Waals surface area contributed by atoms with E-state index in [1.807, 2.05) is 13.1 Å². The van der Waals surface area contributed by atoms with E-state index in [-0.39, 0.29) is 10.8 Å². The summed E-state index contributed by atoms with van der Waals surface area (Å²) in [4.78, 5) is 14.4. The van der Waals surface area contributed by atoms with Crippen LogP contribution in [0.4, 0.5) is 5.69 Å². The summed E-state index contributed by atoms with van der Waals surface area (Å²) in [7, 11) is -1.54. The van der Waals surface area contributed by atoms with Crippen LogP contribution in [0.25, 0.3) is 6.08 Å². The Balaban J connectivity index is 1.63. The van der Waals surface area contributed by atoms with Crippen LogP contribution in [0.15, 0.2) is 59.5 Å². The molecule has 3 rings (SSSR count). The van der Waals surface area contributed by atoms with Crippen LogP contribution in [-0.4, -0.2) is 56.8 Å². The number of nitrogens with zero attached hydrogens (tertiary/aromatic N) is 2. The standard InChI is InChI=1S/C20H22ClN3O3S/c1-23-11-13-24(14-12-23)28(26,27)19-8-6-18(7-9-19)22-20(25)10-5-16-3-2-4-17(21)15-16/h2-10,15H,11-14H2,1H3,(H,22,25)/b10-5+. The first kappa shape index (κ1) is 20.5. The van der Waals surface area contributed by atoms with Gasteiger partial charge in [-0.25, -0.2) is 8.42 Å². The van der Waals surface area contributed by atoms with Crippen LogP contribution in [0.2, 0.25) is 5.02 Å². The maximum absolute atomic E-state index is 12.7. The van der Waals surface area contributed by atoms with E-state index in [0.29, 0.717) is 36.9 Å². The molecule has 0 spiro atoms. The van der Waals surface area contributed by atoms with Crippen molar-refractivity contribution in [2.45, 2.75) is 4.90 Å². The second kappa shape index (κ2) is 8.87. The van der Waals surface area contributed by atoms with Crippen molar-refractivity contribution in [2.24, 2.45) is 0 Å². The van der Waals surface area contributed by atoms with Gasteiger partial charge in [0.2, 0.25) is 15.9 Å². The normalized spacial score (nSPS) is 16.4. The molecule has 148 valence electrons. The fourth-order valence-electron chi connectivity index (χ4n) is 2.85. The zero-order valence-corrected chi connectivity index (χ0v) is 17.1. The van der Waals surface area contributed by atoms with E-state index < -0.39 is 10.0 Å². The lowest BCUT2D eigenvalue weighted by Gasteiger charge is -2.31. The molecule has 0 unspecified atom stereocenters. The monoisotopic (exact) mass is 419 g/mol. The third-order valence-electron chi connectivity index (χ3n) is 4.50. The molecule has 1 amide bonds. The van der Waals surface area contributed by atoms with E-state index >= 15 is 0 Å². The summed E-state index contributed by atoms with van der Waals surface area (Å²) in [5, 5.41) is 3.31. The molecule has 0 aliphatic carbocycles. The summed E-state index contributed by atoms with van der Waals surface area (Å²) >= 11 is 5.92. The number of amides is 1. The van der Waals surface area contributed by atoms with Gasteiger partial charge in [0.25, 0.3) is 0 Å². The molecule has 8 heteroatoms. The van der Waals surface area contributed by atoms with Crippen molar-refractivity contribution in [3.63, 3.8) is 0 Å². The van der Waals surface area contributed by atoms with Crippen molar-refractivity contribution in [2.75, 3.05) is 38.5 Å². The molecule has 2 aromatic rings. The van der Waals surface area contributed by atoms with Gasteiger partial charge in [-0.3, -0.25) is 4.79 Å². The summed E-state index contributed by atoms with van der Waals surface area (Å²) in [6, 6.07) is 13.4. The molecular weight excluding hydrogens is 398 g/mol. The van der Waals surface area contributed by atoms with Gasteiger partial charge in [-0.05, 0) is 55.1 Å². The lowest BCUT2D eigenvalue weighted by molar-refractivity contribution is -0.111. The number of anilines is 1. The van der Waals surface area contributed by atoms with Crippen molar-refractivity contribution in [1.82, 2.24) is 9.21 Å². The molecular formula is C20H22ClN3O3S. The molecule has 1 N–H and O–H groups in total. The molecule has 1 fully saturated rings. The van der Waals surface area contributed by atoms with Crippen molar-refractivity contribution >= 4 is 39.3 Å². The zero-order chi connectivity index (χ0) is 20.1. The number of nitrogens with one attached hydrogen (secondary N) is 1. The number of carbonyl (C=O) groups is 1. The number of rotatable bonds is 5. The first-order chi connectivity index (χ1) is 13.3. The average molecular weight is 420 g/mol. The minimum absolute atomic E-state index is 0.226. The van der Waals surface area contributed by atoms with Crippen molar-refractivity contribution in [3.8, 4) is 0 Å². The SMILES string of the molecule is CN1CCN(S(=O)(=O)c2ccc(NC(=O)/C=C/c3cccc(Cl)c3)cc2)CC1. The van der Waals surface area contributed by atoms with Gasteiger partial charge in [0, 0.05) is 43.0 Å². The topological polar surface area (TPSA) is 69.7 Å². The molecule has 1 saturated heterocycles. The first-order valence-electron chi connectivity index (χ1n) is 8.88. The largest absolute Gasteiger partial charge is 0.323 e. The Hall–Kier alpha value is -2.19. The maximum Gasteiger partial charge on any atom is 0.248 e. The highest BCUT2D eigenvalue weighted by molar-refractivity contribution is 7.89. The fraction of sp³-hybridized carbons (Fsp3) is 0.250. The highest BCUT2D eigenvalue weighted by Gasteiger charge is 2.27. The van der Waals surface area contributed by atoms with E-state index in [4.69, 9.17) is 11.6 Å². The van der Waals surface area contributed by atoms with Gasteiger partial charge in [-0.2, -0.15) is 4.31 Å². The van der Waals surface area contributed by atoms with Crippen LogP contribution >= 0.6 is 11.6 Å². The van der Waals surface area contributed by atoms with E-state index in [9.17, 15) is 13.2 Å². The van der Waals surface area contributed by atoms with Gasteiger partial charge in [0.05, 0.1) is 4.90 Å². The second-order valence-corrected chi connectivity index (χ2v) is 8.98. The lowest BCUT2D eigenvalue weighted by Crippen LogP contribution is -2.46. The molecule has 1 aliphatic heterocycles. The Morgan fingerprint density at radius 2 is 1.75 bits per heavy atom. The maximum atomic E-state index is 12.7. The Morgan fingerprint density at radius 1 is 1.07 bits per heavy atom. The molecule has 28 heavy (non-hydrogen) atoms. The summed E-state index contributed by atoms with van der Waals surface area (Å²) in [6.45, 7) is 2.38. The van der Waals surface area contributed by atoms with Gasteiger partial charge in [-0.1, -0.05) is 23.7 Å². The van der Waals surface area contributed by atoms with Crippen LogP contribution in [0.5, 0.6) is 0 Å². The molecule has 1 heterocycles. The predicted molar refractivity (Wildman–Crippen MR) is 112 cm³/mol. The molecule has 2 aromatic carbocycles. The van der Waals surface area contributed by atoms with E-state index in [1.165, 1.54) is 22.5 Å². The van der Waals surface area contributed by atoms with Gasteiger partial charge < -0.3 is 10.2 Å². The minimum atomic E-state index is -3.51. The summed E-state index contributed by atoms with van der Waals surface area (Å²) in [6.07, 6.45) is 3.06. The number of hydrogen-bond acceptors (Lipinski definition) is 4. The number of likely N-dealkylation sites (N-methyl/N-ethyl adjacent to an activating group) is 1. The summed E-state index contributed by atoms with van der Waals surface area (Å²) < 4.78 is 26.9. The fourth-order valence-corrected chi connectivity index (χ4v) is 4.47. The van der Waals surface area contributed by atoms with Gasteiger partial charge >= 0.3 is 0 Å². The number of piperazine rings is 1. The van der Waals surface area contributed by atoms with Gasteiger partial charge in [-0.15, -0.1) is 0 Å². The Kier molecular flexibility index (Phi) is 6.51. The molecule has 0 aromatic heterocycles. The number of hydrogen-bond donors (Lipinski definition) is 1. The van der Waals surface area contributed by atoms with Gasteiger partial charge in [0.15, 0.2) is 0 Å². The van der Waals surface area contributed by atoms with E-state index in [0.717, 1.165) is 5.56 Å². The van der Waals surface area contributed by atoms with E-state index in [1.54, 1.807) is 36.4 Å². The summed E-state index contributed by atoms with van der Waals surface area (Å²) in [5.41, 5.74) is 1.34. The predicted octanol–water partition coefficient (Wildman–Crippen LogP) is 2.93. The third-order valence-corrected chi connectivity index (χ3v) is 6.65. The highest BCUT2D eigenvalue weighted by atomic mass is 35.5. The smallest absolute Gasteiger partial charge is 0.248 e. The second-order valence-electron chi connectivity index (χ2n) is 6.61. The van der Waals surface area contributed by atoms with Crippen molar-refractivity contribution in [1.29, 1.82) is 0 Å². The van der Waals surface area contributed by atoms with Gasteiger partial charge in [0.1, 0.15) is 0 Å². The lowest BCUT2D eigenvalue weighted by atomic mass is 10.2. The molecule has 0 radical (unpaired) electrons. The van der Waals surface area contributed by atoms with Crippen LogP contribution in [0.3, 0.4) is 0 Å². The minimum Gasteiger partial charge on any atom is -0.323 e. The molecule has 1 aliphatic rings. The van der Waals surface area contributed by atoms with Crippen LogP contribution in [0, 0.1) is 0 Å². The molecule has 0 bridgehead atoms. The van der Waals surface area contributed by atoms with Crippen LogP contribution < -0.4 is 5.32 Å². The number of carbonyl (C=O) groups excluding carboxylic acids is 1. The Bertz CT molecular complexity index is 966. The average Bonchev–Trinajstić information content (AvgIpc) is 2.67. The molecule has 0 saturated carbocycles. The van der Waals surface area contributed by atoms with E-state index in [2.05, 4.69) is 10.2 Å². The number of benzene rings is 2. The summed E-state index contributed by atoms with van der Waals surface area (Å²) in [5.74, 6) is -0.311. The Morgan fingerprint density at radius 3 is 2.39 bits per heavy atom.